The molecular formula is C22H21ClN2O4. The molecule has 0 bridgehead atoms. The number of amides is 1. The molecule has 0 fully saturated rings. The fourth-order valence-corrected chi connectivity index (χ4v) is 2.91. The minimum absolute atomic E-state index is 0.0552. The number of carbonyl (C=O) groups is 2. The van der Waals surface area contributed by atoms with Crippen molar-refractivity contribution in [3.8, 4) is 11.5 Å². The molecule has 0 saturated carbocycles. The molecule has 0 aliphatic heterocycles. The van der Waals surface area contributed by atoms with Gasteiger partial charge in [-0.25, -0.2) is 9.78 Å². The van der Waals surface area contributed by atoms with E-state index in [0.717, 1.165) is 5.56 Å². The summed E-state index contributed by atoms with van der Waals surface area (Å²) in [6.07, 6.45) is 1.45. The van der Waals surface area contributed by atoms with Crippen molar-refractivity contribution in [2.45, 2.75) is 26.5 Å². The molecule has 29 heavy (non-hydrogen) atoms. The average molecular weight is 413 g/mol. The SMILES string of the molecule is CC(C)[C@@H](NC(=O)c1ccccc1Cl)C(=O)OCc1coc(-c2ccccc2)n1. The normalized spacial score (nSPS) is 11.9. The van der Waals surface area contributed by atoms with Gasteiger partial charge < -0.3 is 14.5 Å². The molecule has 1 N–H and O–H groups in total. The van der Waals surface area contributed by atoms with Crippen LogP contribution in [0.3, 0.4) is 0 Å². The van der Waals surface area contributed by atoms with Crippen molar-refractivity contribution in [1.82, 2.24) is 10.3 Å². The molecule has 0 spiro atoms. The van der Waals surface area contributed by atoms with Gasteiger partial charge in [0.05, 0.1) is 10.6 Å². The Morgan fingerprint density at radius 3 is 2.48 bits per heavy atom. The lowest BCUT2D eigenvalue weighted by atomic mass is 10.0. The van der Waals surface area contributed by atoms with E-state index in [1.807, 2.05) is 44.2 Å². The third-order valence-electron chi connectivity index (χ3n) is 4.26. The Kier molecular flexibility index (Phi) is 6.67. The van der Waals surface area contributed by atoms with Crippen LogP contribution in [-0.4, -0.2) is 22.9 Å². The summed E-state index contributed by atoms with van der Waals surface area (Å²) in [5.41, 5.74) is 1.62. The molecule has 7 heteroatoms. The predicted molar refractivity (Wildman–Crippen MR) is 109 cm³/mol. The molecule has 0 aliphatic carbocycles. The van der Waals surface area contributed by atoms with Gasteiger partial charge in [-0.15, -0.1) is 0 Å². The largest absolute Gasteiger partial charge is 0.458 e. The third-order valence-corrected chi connectivity index (χ3v) is 4.59. The second-order valence-electron chi connectivity index (χ2n) is 6.79. The van der Waals surface area contributed by atoms with E-state index in [2.05, 4.69) is 10.3 Å². The zero-order valence-corrected chi connectivity index (χ0v) is 16.8. The van der Waals surface area contributed by atoms with Gasteiger partial charge in [0, 0.05) is 5.56 Å². The summed E-state index contributed by atoms with van der Waals surface area (Å²) in [7, 11) is 0. The molecular weight excluding hydrogens is 392 g/mol. The van der Waals surface area contributed by atoms with Crippen LogP contribution in [0, 0.1) is 5.92 Å². The van der Waals surface area contributed by atoms with Crippen molar-refractivity contribution in [2.75, 3.05) is 0 Å². The molecule has 6 nitrogen and oxygen atoms in total. The molecule has 3 rings (SSSR count). The van der Waals surface area contributed by atoms with Crippen LogP contribution in [-0.2, 0) is 16.1 Å². The first-order chi connectivity index (χ1) is 14.0. The van der Waals surface area contributed by atoms with Gasteiger partial charge in [0.15, 0.2) is 0 Å². The minimum atomic E-state index is -0.820. The van der Waals surface area contributed by atoms with E-state index in [0.29, 0.717) is 22.2 Å². The standard InChI is InChI=1S/C22H21ClN2O4/c1-14(2)19(25-20(26)17-10-6-7-11-18(17)23)22(27)29-13-16-12-28-21(24-16)15-8-4-3-5-9-15/h3-12,14,19H,13H2,1-2H3,(H,25,26)/t19-/m1/s1. The number of carbonyl (C=O) groups excluding carboxylic acids is 2. The summed E-state index contributed by atoms with van der Waals surface area (Å²) in [4.78, 5) is 29.4. The van der Waals surface area contributed by atoms with Crippen LogP contribution in [0.5, 0.6) is 0 Å². The number of hydrogen-bond acceptors (Lipinski definition) is 5. The number of oxazole rings is 1. The summed E-state index contributed by atoms with van der Waals surface area (Å²) >= 11 is 6.06. The van der Waals surface area contributed by atoms with E-state index < -0.39 is 17.9 Å². The lowest BCUT2D eigenvalue weighted by Crippen LogP contribution is -2.45. The highest BCUT2D eigenvalue weighted by Crippen LogP contribution is 2.19. The summed E-state index contributed by atoms with van der Waals surface area (Å²) in [6, 6.07) is 15.3. The van der Waals surface area contributed by atoms with Gasteiger partial charge in [-0.05, 0) is 30.2 Å². The Hall–Kier alpha value is -3.12. The Balaban J connectivity index is 1.62. The Morgan fingerprint density at radius 1 is 1.10 bits per heavy atom. The van der Waals surface area contributed by atoms with E-state index in [1.54, 1.807) is 24.3 Å². The van der Waals surface area contributed by atoms with E-state index in [-0.39, 0.29) is 12.5 Å². The van der Waals surface area contributed by atoms with Crippen molar-refractivity contribution in [2.24, 2.45) is 5.92 Å². The first kappa shape index (κ1) is 20.6. The molecule has 0 radical (unpaired) electrons. The maximum absolute atomic E-state index is 12.6. The van der Waals surface area contributed by atoms with Gasteiger partial charge in [0.2, 0.25) is 5.89 Å². The number of esters is 1. The van der Waals surface area contributed by atoms with Crippen LogP contribution >= 0.6 is 11.6 Å². The van der Waals surface area contributed by atoms with Crippen molar-refractivity contribution < 1.29 is 18.7 Å². The first-order valence-corrected chi connectivity index (χ1v) is 9.55. The van der Waals surface area contributed by atoms with Gasteiger partial charge in [-0.2, -0.15) is 0 Å². The number of ether oxygens (including phenoxy) is 1. The smallest absolute Gasteiger partial charge is 0.329 e. The Bertz CT molecular complexity index is 985. The predicted octanol–water partition coefficient (Wildman–Crippen LogP) is 4.49. The molecule has 2 aromatic carbocycles. The Morgan fingerprint density at radius 2 is 1.79 bits per heavy atom. The number of rotatable bonds is 7. The number of benzene rings is 2. The second kappa shape index (κ2) is 9.39. The van der Waals surface area contributed by atoms with E-state index in [9.17, 15) is 9.59 Å². The topological polar surface area (TPSA) is 81.4 Å². The highest BCUT2D eigenvalue weighted by molar-refractivity contribution is 6.33. The van der Waals surface area contributed by atoms with Crippen LogP contribution in [0.2, 0.25) is 5.02 Å². The minimum Gasteiger partial charge on any atom is -0.458 e. The van der Waals surface area contributed by atoms with Crippen LogP contribution < -0.4 is 5.32 Å². The Labute approximate surface area is 173 Å². The molecule has 150 valence electrons. The highest BCUT2D eigenvalue weighted by Gasteiger charge is 2.27. The van der Waals surface area contributed by atoms with Crippen molar-refractivity contribution in [3.63, 3.8) is 0 Å². The van der Waals surface area contributed by atoms with E-state index in [1.165, 1.54) is 6.26 Å². The van der Waals surface area contributed by atoms with Crippen LogP contribution in [0.25, 0.3) is 11.5 Å². The van der Waals surface area contributed by atoms with Gasteiger partial charge in [-0.1, -0.05) is 55.8 Å². The molecule has 1 atom stereocenters. The van der Waals surface area contributed by atoms with E-state index in [4.69, 9.17) is 20.8 Å². The molecule has 1 aromatic heterocycles. The quantitative estimate of drug-likeness (QED) is 0.578. The third kappa shape index (κ3) is 5.23. The first-order valence-electron chi connectivity index (χ1n) is 9.17. The molecule has 0 unspecified atom stereocenters. The molecule has 1 heterocycles. The summed E-state index contributed by atoms with van der Waals surface area (Å²) in [6.45, 7) is 3.59. The van der Waals surface area contributed by atoms with Gasteiger partial charge in [-0.3, -0.25) is 4.79 Å². The zero-order valence-electron chi connectivity index (χ0n) is 16.1. The van der Waals surface area contributed by atoms with Crippen molar-refractivity contribution >= 4 is 23.5 Å². The highest BCUT2D eigenvalue weighted by atomic mass is 35.5. The second-order valence-corrected chi connectivity index (χ2v) is 7.20. The molecule has 1 amide bonds. The lowest BCUT2D eigenvalue weighted by molar-refractivity contribution is -0.148. The van der Waals surface area contributed by atoms with Crippen LogP contribution in [0.4, 0.5) is 0 Å². The number of nitrogens with one attached hydrogen (secondary N) is 1. The summed E-state index contributed by atoms with van der Waals surface area (Å²) < 4.78 is 10.8. The molecule has 3 aromatic rings. The number of nitrogens with zero attached hydrogens (tertiary/aromatic N) is 1. The summed E-state index contributed by atoms with van der Waals surface area (Å²) in [5, 5.41) is 3.02. The monoisotopic (exact) mass is 412 g/mol. The number of halogens is 1. The fraction of sp³-hybridized carbons (Fsp3) is 0.227. The maximum Gasteiger partial charge on any atom is 0.329 e. The average Bonchev–Trinajstić information content (AvgIpc) is 3.20. The maximum atomic E-state index is 12.6. The number of aromatic nitrogens is 1. The van der Waals surface area contributed by atoms with Crippen LogP contribution in [0.15, 0.2) is 65.3 Å². The number of hydrogen-bond donors (Lipinski definition) is 1. The van der Waals surface area contributed by atoms with Crippen molar-refractivity contribution in [1.29, 1.82) is 0 Å². The van der Waals surface area contributed by atoms with Crippen molar-refractivity contribution in [3.05, 3.63) is 77.1 Å². The molecule has 0 saturated heterocycles. The lowest BCUT2D eigenvalue weighted by Gasteiger charge is -2.21. The fourth-order valence-electron chi connectivity index (χ4n) is 2.68. The summed E-state index contributed by atoms with van der Waals surface area (Å²) in [5.74, 6) is -0.709. The van der Waals surface area contributed by atoms with Gasteiger partial charge in [0.25, 0.3) is 5.91 Å². The van der Waals surface area contributed by atoms with Gasteiger partial charge >= 0.3 is 5.97 Å². The van der Waals surface area contributed by atoms with Crippen LogP contribution in [0.1, 0.15) is 29.9 Å². The van der Waals surface area contributed by atoms with E-state index >= 15 is 0 Å². The molecule has 0 aliphatic rings. The van der Waals surface area contributed by atoms with Gasteiger partial charge in [0.1, 0.15) is 24.6 Å². The zero-order chi connectivity index (χ0) is 20.8.